The van der Waals surface area contributed by atoms with E-state index in [4.69, 9.17) is 4.52 Å². The van der Waals surface area contributed by atoms with E-state index in [1.807, 2.05) is 18.2 Å². The van der Waals surface area contributed by atoms with Gasteiger partial charge in [0.2, 0.25) is 5.91 Å². The summed E-state index contributed by atoms with van der Waals surface area (Å²) in [5, 5.41) is 4.77. The first kappa shape index (κ1) is 13.3. The molecule has 0 spiro atoms. The van der Waals surface area contributed by atoms with Crippen molar-refractivity contribution in [3.63, 3.8) is 0 Å². The quantitative estimate of drug-likeness (QED) is 0.742. The van der Waals surface area contributed by atoms with E-state index in [2.05, 4.69) is 5.16 Å². The molecule has 106 valence electrons. The molecular weight excluding hydrogens is 271 g/mol. The zero-order chi connectivity index (χ0) is 14.8. The van der Waals surface area contributed by atoms with Crippen molar-refractivity contribution in [3.05, 3.63) is 60.0 Å². The van der Waals surface area contributed by atoms with Crippen LogP contribution in [0.3, 0.4) is 0 Å². The first-order chi connectivity index (χ1) is 10.1. The molecule has 3 rings (SSSR count). The number of para-hydroxylation sites is 1. The number of amides is 1. The first-order valence-electron chi connectivity index (χ1n) is 6.50. The number of hydrogen-bond donors (Lipinski definition) is 0. The number of hydrogen-bond acceptors (Lipinski definition) is 3. The standard InChI is InChI=1S/C16H13FN2O2/c1-19(12-8-6-11(17)7-9-12)16(20)10-14-13-4-2-3-5-15(13)21-18-14/h2-9H,10H2,1H3. The summed E-state index contributed by atoms with van der Waals surface area (Å²) in [7, 11) is 1.65. The Morgan fingerprint density at radius 1 is 1.19 bits per heavy atom. The lowest BCUT2D eigenvalue weighted by Gasteiger charge is -2.16. The van der Waals surface area contributed by atoms with E-state index in [1.165, 1.54) is 17.0 Å². The average Bonchev–Trinajstić information content (AvgIpc) is 2.91. The van der Waals surface area contributed by atoms with Crippen molar-refractivity contribution < 1.29 is 13.7 Å². The number of aromatic nitrogens is 1. The molecule has 21 heavy (non-hydrogen) atoms. The molecule has 2 aromatic carbocycles. The van der Waals surface area contributed by atoms with Crippen LogP contribution in [0.2, 0.25) is 0 Å². The number of anilines is 1. The van der Waals surface area contributed by atoms with Crippen LogP contribution in [0.4, 0.5) is 10.1 Å². The molecule has 0 bridgehead atoms. The third kappa shape index (κ3) is 2.63. The molecule has 0 aliphatic heterocycles. The van der Waals surface area contributed by atoms with Crippen molar-refractivity contribution >= 4 is 22.6 Å². The molecule has 0 radical (unpaired) electrons. The predicted molar refractivity (Wildman–Crippen MR) is 77.5 cm³/mol. The zero-order valence-electron chi connectivity index (χ0n) is 11.4. The largest absolute Gasteiger partial charge is 0.356 e. The Labute approximate surface area is 120 Å². The molecule has 0 aliphatic carbocycles. The molecule has 4 nitrogen and oxygen atoms in total. The molecule has 3 aromatic rings. The molecule has 0 saturated heterocycles. The van der Waals surface area contributed by atoms with Gasteiger partial charge >= 0.3 is 0 Å². The number of fused-ring (bicyclic) bond motifs is 1. The van der Waals surface area contributed by atoms with Gasteiger partial charge in [-0.25, -0.2) is 4.39 Å². The lowest BCUT2D eigenvalue weighted by Crippen LogP contribution is -2.27. The van der Waals surface area contributed by atoms with Crippen LogP contribution >= 0.6 is 0 Å². The second-order valence-electron chi connectivity index (χ2n) is 4.73. The van der Waals surface area contributed by atoms with Gasteiger partial charge in [-0.2, -0.15) is 0 Å². The topological polar surface area (TPSA) is 46.3 Å². The Kier molecular flexibility index (Phi) is 3.39. The van der Waals surface area contributed by atoms with Gasteiger partial charge in [-0.3, -0.25) is 4.79 Å². The molecule has 0 fully saturated rings. The Balaban J connectivity index is 1.81. The van der Waals surface area contributed by atoms with Crippen LogP contribution in [0.15, 0.2) is 53.1 Å². The van der Waals surface area contributed by atoms with E-state index < -0.39 is 0 Å². The van der Waals surface area contributed by atoms with E-state index in [-0.39, 0.29) is 18.1 Å². The van der Waals surface area contributed by atoms with Crippen LogP contribution < -0.4 is 4.90 Å². The molecule has 5 heteroatoms. The minimum absolute atomic E-state index is 0.130. The van der Waals surface area contributed by atoms with Crippen LogP contribution in [0, 0.1) is 5.82 Å². The van der Waals surface area contributed by atoms with Gasteiger partial charge in [-0.15, -0.1) is 0 Å². The van der Waals surface area contributed by atoms with E-state index in [0.29, 0.717) is 17.0 Å². The second-order valence-corrected chi connectivity index (χ2v) is 4.73. The molecule has 0 aliphatic rings. The van der Waals surface area contributed by atoms with E-state index in [1.54, 1.807) is 25.2 Å². The average molecular weight is 284 g/mol. The number of rotatable bonds is 3. The molecular formula is C16H13FN2O2. The molecule has 0 saturated carbocycles. The first-order valence-corrected chi connectivity index (χ1v) is 6.50. The van der Waals surface area contributed by atoms with Crippen molar-refractivity contribution in [2.45, 2.75) is 6.42 Å². The number of nitrogens with zero attached hydrogens (tertiary/aromatic N) is 2. The van der Waals surface area contributed by atoms with Gasteiger partial charge < -0.3 is 9.42 Å². The summed E-state index contributed by atoms with van der Waals surface area (Å²) in [5.74, 6) is -0.470. The summed E-state index contributed by atoms with van der Waals surface area (Å²) < 4.78 is 18.1. The monoisotopic (exact) mass is 284 g/mol. The third-order valence-electron chi connectivity index (χ3n) is 3.36. The van der Waals surface area contributed by atoms with Gasteiger partial charge in [0.1, 0.15) is 11.5 Å². The fourth-order valence-corrected chi connectivity index (χ4v) is 2.14. The van der Waals surface area contributed by atoms with Crippen molar-refractivity contribution in [2.75, 3.05) is 11.9 Å². The summed E-state index contributed by atoms with van der Waals surface area (Å²) in [6, 6.07) is 13.2. The summed E-state index contributed by atoms with van der Waals surface area (Å²) in [5.41, 5.74) is 1.89. The van der Waals surface area contributed by atoms with Crippen LogP contribution in [0.1, 0.15) is 5.69 Å². The Bertz CT molecular complexity index is 780. The van der Waals surface area contributed by atoms with Gasteiger partial charge in [0.05, 0.1) is 6.42 Å². The van der Waals surface area contributed by atoms with Crippen LogP contribution in [-0.2, 0) is 11.2 Å². The molecule has 0 atom stereocenters. The van der Waals surface area contributed by atoms with Gasteiger partial charge in [-0.1, -0.05) is 17.3 Å². The van der Waals surface area contributed by atoms with Crippen molar-refractivity contribution in [1.29, 1.82) is 0 Å². The zero-order valence-corrected chi connectivity index (χ0v) is 11.4. The van der Waals surface area contributed by atoms with Gasteiger partial charge in [0, 0.05) is 18.1 Å². The highest BCUT2D eigenvalue weighted by Gasteiger charge is 2.16. The minimum Gasteiger partial charge on any atom is -0.356 e. The molecule has 0 unspecified atom stereocenters. The number of halogens is 1. The van der Waals surface area contributed by atoms with E-state index in [0.717, 1.165) is 5.39 Å². The SMILES string of the molecule is CN(C(=O)Cc1noc2ccccc12)c1ccc(F)cc1. The maximum Gasteiger partial charge on any atom is 0.232 e. The van der Waals surface area contributed by atoms with Crippen molar-refractivity contribution in [3.8, 4) is 0 Å². The highest BCUT2D eigenvalue weighted by molar-refractivity contribution is 5.96. The maximum absolute atomic E-state index is 12.9. The highest BCUT2D eigenvalue weighted by Crippen LogP contribution is 2.20. The van der Waals surface area contributed by atoms with E-state index in [9.17, 15) is 9.18 Å². The molecule has 0 N–H and O–H groups in total. The molecule has 1 amide bonds. The number of carbonyl (C=O) groups is 1. The highest BCUT2D eigenvalue weighted by atomic mass is 19.1. The summed E-state index contributed by atoms with van der Waals surface area (Å²) >= 11 is 0. The van der Waals surface area contributed by atoms with Crippen molar-refractivity contribution in [2.24, 2.45) is 0 Å². The Morgan fingerprint density at radius 3 is 2.67 bits per heavy atom. The number of benzene rings is 2. The van der Waals surface area contributed by atoms with Crippen molar-refractivity contribution in [1.82, 2.24) is 5.16 Å². The van der Waals surface area contributed by atoms with Gasteiger partial charge in [-0.05, 0) is 36.4 Å². The summed E-state index contributed by atoms with van der Waals surface area (Å²) in [6.45, 7) is 0. The van der Waals surface area contributed by atoms with Crippen LogP contribution in [0.25, 0.3) is 11.0 Å². The maximum atomic E-state index is 12.9. The minimum atomic E-state index is -0.331. The lowest BCUT2D eigenvalue weighted by molar-refractivity contribution is -0.117. The number of carbonyl (C=O) groups excluding carboxylic acids is 1. The number of likely N-dealkylation sites (N-methyl/N-ethyl adjacent to an activating group) is 1. The Morgan fingerprint density at radius 2 is 1.90 bits per heavy atom. The summed E-state index contributed by atoms with van der Waals surface area (Å²) in [6.07, 6.45) is 0.130. The third-order valence-corrected chi connectivity index (χ3v) is 3.36. The normalized spacial score (nSPS) is 10.8. The smallest absolute Gasteiger partial charge is 0.232 e. The van der Waals surface area contributed by atoms with Crippen LogP contribution in [-0.4, -0.2) is 18.1 Å². The fourth-order valence-electron chi connectivity index (χ4n) is 2.14. The van der Waals surface area contributed by atoms with E-state index >= 15 is 0 Å². The molecule has 1 heterocycles. The summed E-state index contributed by atoms with van der Waals surface area (Å²) in [4.78, 5) is 13.8. The van der Waals surface area contributed by atoms with Crippen LogP contribution in [0.5, 0.6) is 0 Å². The fraction of sp³-hybridized carbons (Fsp3) is 0.125. The lowest BCUT2D eigenvalue weighted by atomic mass is 10.1. The second kappa shape index (κ2) is 5.36. The molecule has 1 aromatic heterocycles. The predicted octanol–water partition coefficient (Wildman–Crippen LogP) is 3.17. The van der Waals surface area contributed by atoms with Gasteiger partial charge in [0.25, 0.3) is 0 Å². The Hall–Kier alpha value is -2.69. The van der Waals surface area contributed by atoms with Gasteiger partial charge in [0.15, 0.2) is 5.58 Å².